The molecular formula is C17H24N2. The van der Waals surface area contributed by atoms with Crippen LogP contribution in [0, 0.1) is 5.92 Å². The summed E-state index contributed by atoms with van der Waals surface area (Å²) in [6.45, 7) is 4.47. The van der Waals surface area contributed by atoms with Crippen molar-refractivity contribution in [1.29, 1.82) is 0 Å². The summed E-state index contributed by atoms with van der Waals surface area (Å²) in [7, 11) is 0. The van der Waals surface area contributed by atoms with Gasteiger partial charge in [-0.15, -0.1) is 0 Å². The molecule has 2 atom stereocenters. The van der Waals surface area contributed by atoms with Crippen molar-refractivity contribution in [1.82, 2.24) is 0 Å². The number of nitrogens with two attached hydrogens (primary N) is 2. The van der Waals surface area contributed by atoms with Gasteiger partial charge in [0.05, 0.1) is 0 Å². The van der Waals surface area contributed by atoms with Crippen LogP contribution in [-0.4, -0.2) is 0 Å². The molecule has 0 fully saturated rings. The first-order chi connectivity index (χ1) is 9.10. The lowest BCUT2D eigenvalue weighted by Crippen LogP contribution is -2.09. The predicted molar refractivity (Wildman–Crippen MR) is 82.8 cm³/mol. The molecule has 1 aliphatic rings. The molecule has 1 aromatic rings. The van der Waals surface area contributed by atoms with Gasteiger partial charge in [0.1, 0.15) is 0 Å². The maximum absolute atomic E-state index is 6.04. The molecule has 0 heterocycles. The minimum atomic E-state index is 0.482. The van der Waals surface area contributed by atoms with E-state index in [2.05, 4.69) is 38.1 Å². The van der Waals surface area contributed by atoms with Gasteiger partial charge in [0.25, 0.3) is 0 Å². The van der Waals surface area contributed by atoms with E-state index in [0.717, 1.165) is 30.6 Å². The van der Waals surface area contributed by atoms with Crippen LogP contribution in [0.15, 0.2) is 42.1 Å². The number of nitrogen functional groups attached to an aromatic ring is 1. The summed E-state index contributed by atoms with van der Waals surface area (Å²) in [5.74, 6) is 0.991. The predicted octanol–water partition coefficient (Wildman–Crippen LogP) is 3.74. The molecule has 0 saturated carbocycles. The molecule has 102 valence electrons. The van der Waals surface area contributed by atoms with Crippen molar-refractivity contribution < 1.29 is 0 Å². The Balaban J connectivity index is 2.43. The van der Waals surface area contributed by atoms with Crippen LogP contribution in [0.1, 0.15) is 43.7 Å². The average Bonchev–Trinajstić information content (AvgIpc) is 2.37. The van der Waals surface area contributed by atoms with E-state index in [4.69, 9.17) is 11.5 Å². The van der Waals surface area contributed by atoms with Crippen molar-refractivity contribution in [3.8, 4) is 0 Å². The molecule has 1 aromatic carbocycles. The normalized spacial score (nSPS) is 26.3. The van der Waals surface area contributed by atoms with Crippen LogP contribution in [0.25, 0.3) is 0 Å². The molecule has 0 aromatic heterocycles. The minimum Gasteiger partial charge on any atom is -0.399 e. The summed E-state index contributed by atoms with van der Waals surface area (Å²) in [5.41, 5.74) is 16.5. The van der Waals surface area contributed by atoms with Gasteiger partial charge >= 0.3 is 0 Å². The highest BCUT2D eigenvalue weighted by Gasteiger charge is 2.14. The lowest BCUT2D eigenvalue weighted by Gasteiger charge is -2.20. The third-order valence-electron chi connectivity index (χ3n) is 3.93. The summed E-state index contributed by atoms with van der Waals surface area (Å²) in [6, 6.07) is 6.32. The standard InChI is InChI=1S/C17H24N2/c1-3-13-9-14-11-16(19)7-8-17(14)12(2)5-4-6-15(18)10-13/h4,6-8,10-13H,3,5,9,18-19H2,1-2H3/b6-4?,15-10+. The second-order valence-corrected chi connectivity index (χ2v) is 5.54. The van der Waals surface area contributed by atoms with Crippen LogP contribution < -0.4 is 11.5 Å². The van der Waals surface area contributed by atoms with Gasteiger partial charge in [0.15, 0.2) is 0 Å². The molecule has 19 heavy (non-hydrogen) atoms. The third kappa shape index (κ3) is 3.40. The molecule has 0 aliphatic heterocycles. The van der Waals surface area contributed by atoms with E-state index in [1.807, 2.05) is 12.1 Å². The molecule has 4 N–H and O–H groups in total. The van der Waals surface area contributed by atoms with Crippen molar-refractivity contribution in [3.63, 3.8) is 0 Å². The Morgan fingerprint density at radius 3 is 2.79 bits per heavy atom. The summed E-state index contributed by atoms with van der Waals surface area (Å²) in [5, 5.41) is 0. The van der Waals surface area contributed by atoms with E-state index in [1.54, 1.807) is 0 Å². The highest BCUT2D eigenvalue weighted by molar-refractivity contribution is 5.46. The largest absolute Gasteiger partial charge is 0.399 e. The average molecular weight is 256 g/mol. The Kier molecular flexibility index (Phi) is 4.31. The number of hydrogen-bond acceptors (Lipinski definition) is 2. The van der Waals surface area contributed by atoms with Gasteiger partial charge in [0.2, 0.25) is 0 Å². The third-order valence-corrected chi connectivity index (χ3v) is 3.93. The Hall–Kier alpha value is -1.70. The van der Waals surface area contributed by atoms with Crippen molar-refractivity contribution in [2.45, 2.75) is 39.0 Å². The lowest BCUT2D eigenvalue weighted by atomic mass is 9.86. The van der Waals surface area contributed by atoms with Gasteiger partial charge in [-0.3, -0.25) is 0 Å². The first kappa shape index (κ1) is 13.7. The Morgan fingerprint density at radius 2 is 2.05 bits per heavy atom. The van der Waals surface area contributed by atoms with E-state index in [9.17, 15) is 0 Å². The number of benzene rings is 1. The number of fused-ring (bicyclic) bond motifs is 1. The molecular weight excluding hydrogens is 232 g/mol. The Morgan fingerprint density at radius 1 is 1.26 bits per heavy atom. The lowest BCUT2D eigenvalue weighted by molar-refractivity contribution is 0.610. The van der Waals surface area contributed by atoms with Gasteiger partial charge in [-0.05, 0) is 60.4 Å². The van der Waals surface area contributed by atoms with Crippen LogP contribution in [0.4, 0.5) is 5.69 Å². The number of rotatable bonds is 1. The van der Waals surface area contributed by atoms with Gasteiger partial charge in [0, 0.05) is 11.4 Å². The minimum absolute atomic E-state index is 0.482. The topological polar surface area (TPSA) is 52.0 Å². The summed E-state index contributed by atoms with van der Waals surface area (Å²) in [6.07, 6.45) is 9.53. The molecule has 2 nitrogen and oxygen atoms in total. The zero-order valence-electron chi connectivity index (χ0n) is 11.9. The van der Waals surface area contributed by atoms with E-state index in [-0.39, 0.29) is 0 Å². The fourth-order valence-corrected chi connectivity index (χ4v) is 2.75. The summed E-state index contributed by atoms with van der Waals surface area (Å²) in [4.78, 5) is 0. The second kappa shape index (κ2) is 5.96. The second-order valence-electron chi connectivity index (χ2n) is 5.54. The molecule has 2 unspecified atom stereocenters. The maximum Gasteiger partial charge on any atom is 0.0316 e. The van der Waals surface area contributed by atoms with Crippen LogP contribution >= 0.6 is 0 Å². The maximum atomic E-state index is 6.04. The van der Waals surface area contributed by atoms with Crippen molar-refractivity contribution in [2.75, 3.05) is 5.73 Å². The highest BCUT2D eigenvalue weighted by Crippen LogP contribution is 2.29. The van der Waals surface area contributed by atoms with Crippen LogP contribution in [0.5, 0.6) is 0 Å². The molecule has 1 aliphatic carbocycles. The van der Waals surface area contributed by atoms with Crippen molar-refractivity contribution >= 4 is 5.69 Å². The van der Waals surface area contributed by atoms with E-state index in [1.165, 1.54) is 11.1 Å². The number of hydrogen-bond donors (Lipinski definition) is 2. The molecule has 0 saturated heterocycles. The molecule has 0 amide bonds. The van der Waals surface area contributed by atoms with Gasteiger partial charge in [-0.2, -0.15) is 0 Å². The highest BCUT2D eigenvalue weighted by atomic mass is 14.6. The fraction of sp³-hybridized carbons (Fsp3) is 0.412. The quantitative estimate of drug-likeness (QED) is 0.752. The monoisotopic (exact) mass is 256 g/mol. The summed E-state index contributed by atoms with van der Waals surface area (Å²) >= 11 is 0. The first-order valence-corrected chi connectivity index (χ1v) is 7.12. The van der Waals surface area contributed by atoms with Crippen LogP contribution in [0.3, 0.4) is 0 Å². The first-order valence-electron chi connectivity index (χ1n) is 7.12. The van der Waals surface area contributed by atoms with Crippen LogP contribution in [-0.2, 0) is 6.42 Å². The molecule has 2 heteroatoms. The zero-order valence-corrected chi connectivity index (χ0v) is 11.9. The van der Waals surface area contributed by atoms with Crippen molar-refractivity contribution in [2.24, 2.45) is 11.7 Å². The van der Waals surface area contributed by atoms with E-state index < -0.39 is 0 Å². The zero-order chi connectivity index (χ0) is 13.8. The van der Waals surface area contributed by atoms with Crippen molar-refractivity contribution in [3.05, 3.63) is 53.3 Å². The fourth-order valence-electron chi connectivity index (χ4n) is 2.75. The number of allylic oxidation sites excluding steroid dienone is 3. The molecule has 0 bridgehead atoms. The summed E-state index contributed by atoms with van der Waals surface area (Å²) < 4.78 is 0. The Bertz CT molecular complexity index is 500. The number of anilines is 1. The SMILES string of the molecule is CCC1/C=C(/N)C=CCC(C)c2ccc(N)cc2C1. The molecule has 0 radical (unpaired) electrons. The van der Waals surface area contributed by atoms with Gasteiger partial charge in [-0.25, -0.2) is 0 Å². The van der Waals surface area contributed by atoms with E-state index >= 15 is 0 Å². The smallest absolute Gasteiger partial charge is 0.0316 e. The Labute approximate surface area is 116 Å². The van der Waals surface area contributed by atoms with Crippen LogP contribution in [0.2, 0.25) is 0 Å². The van der Waals surface area contributed by atoms with Gasteiger partial charge < -0.3 is 11.5 Å². The molecule has 0 spiro atoms. The van der Waals surface area contributed by atoms with Gasteiger partial charge in [-0.1, -0.05) is 32.1 Å². The molecule has 2 rings (SSSR count). The van der Waals surface area contributed by atoms with E-state index in [0.29, 0.717) is 11.8 Å².